The monoisotopic (exact) mass is 582 g/mol. The summed E-state index contributed by atoms with van der Waals surface area (Å²) in [5, 5.41) is 6.42. The van der Waals surface area contributed by atoms with Gasteiger partial charge in [0.1, 0.15) is 5.75 Å². The minimum Gasteiger partial charge on any atom is -0.493 e. The van der Waals surface area contributed by atoms with Crippen molar-refractivity contribution < 1.29 is 4.74 Å². The molecule has 0 radical (unpaired) electrons. The fraction of sp³-hybridized carbons (Fsp3) is 0.342. The number of hydrogen-bond acceptors (Lipinski definition) is 4. The highest BCUT2D eigenvalue weighted by Crippen LogP contribution is 2.29. The molecular formula is C38H54N4O. The van der Waals surface area contributed by atoms with Crippen LogP contribution in [0.25, 0.3) is 22.2 Å². The number of nitrogens with one attached hydrogen (secondary N) is 3. The first-order valence-electron chi connectivity index (χ1n) is 15.5. The summed E-state index contributed by atoms with van der Waals surface area (Å²) in [7, 11) is 0. The van der Waals surface area contributed by atoms with E-state index < -0.39 is 0 Å². The molecule has 0 unspecified atom stereocenters. The third-order valence-corrected chi connectivity index (χ3v) is 5.60. The van der Waals surface area contributed by atoms with E-state index in [4.69, 9.17) is 4.74 Å². The maximum atomic E-state index is 5.84. The number of hydrogen-bond donors (Lipinski definition) is 3. The van der Waals surface area contributed by atoms with Crippen LogP contribution in [-0.4, -0.2) is 23.1 Å². The molecule has 5 heteroatoms. The van der Waals surface area contributed by atoms with Crippen molar-refractivity contribution in [3.8, 4) is 16.9 Å². The number of allylic oxidation sites excluding steroid dienone is 3. The molecule has 0 atom stereocenters. The Labute approximate surface area is 261 Å². The number of nitrogens with zero attached hydrogens (tertiary/aromatic N) is 1. The van der Waals surface area contributed by atoms with Crippen LogP contribution in [-0.2, 0) is 6.42 Å². The molecule has 4 rings (SSSR count). The quantitative estimate of drug-likeness (QED) is 0.129. The van der Waals surface area contributed by atoms with Gasteiger partial charge in [0.25, 0.3) is 0 Å². The van der Waals surface area contributed by atoms with Crippen LogP contribution in [0.4, 0.5) is 11.6 Å². The molecular weight excluding hydrogens is 528 g/mol. The fourth-order valence-electron chi connectivity index (χ4n) is 3.92. The molecule has 5 nitrogen and oxygen atoms in total. The Kier molecular flexibility index (Phi) is 18.3. The first kappa shape index (κ1) is 36.8. The zero-order valence-corrected chi connectivity index (χ0v) is 27.8. The Morgan fingerprint density at radius 2 is 1.56 bits per heavy atom. The molecule has 232 valence electrons. The topological polar surface area (TPSA) is 62.0 Å². The van der Waals surface area contributed by atoms with Crippen LogP contribution < -0.4 is 15.4 Å². The molecule has 0 saturated carbocycles. The fourth-order valence-corrected chi connectivity index (χ4v) is 3.92. The second-order valence-corrected chi connectivity index (χ2v) is 10.2. The second kappa shape index (κ2) is 21.5. The van der Waals surface area contributed by atoms with Crippen LogP contribution in [0.3, 0.4) is 0 Å². The van der Waals surface area contributed by atoms with Crippen molar-refractivity contribution >= 4 is 22.7 Å². The highest BCUT2D eigenvalue weighted by atomic mass is 16.5. The number of anilines is 2. The number of para-hydroxylation sites is 1. The second-order valence-electron chi connectivity index (χ2n) is 10.2. The summed E-state index contributed by atoms with van der Waals surface area (Å²) in [6, 6.07) is 22.8. The Bertz CT molecular complexity index is 1380. The zero-order chi connectivity index (χ0) is 32.0. The van der Waals surface area contributed by atoms with E-state index in [-0.39, 0.29) is 0 Å². The number of imidazole rings is 1. The first-order valence-corrected chi connectivity index (χ1v) is 15.5. The van der Waals surface area contributed by atoms with Gasteiger partial charge in [-0.1, -0.05) is 82.7 Å². The van der Waals surface area contributed by atoms with Crippen LogP contribution in [0, 0.1) is 0 Å². The lowest BCUT2D eigenvalue weighted by Gasteiger charge is -2.12. The van der Waals surface area contributed by atoms with Crippen molar-refractivity contribution in [2.24, 2.45) is 0 Å². The van der Waals surface area contributed by atoms with Crippen molar-refractivity contribution in [3.63, 3.8) is 0 Å². The summed E-state index contributed by atoms with van der Waals surface area (Å²) in [6.07, 6.45) is 7.01. The molecule has 0 aliphatic heterocycles. The number of aromatic amines is 1. The van der Waals surface area contributed by atoms with E-state index in [1.54, 1.807) is 6.08 Å². The predicted molar refractivity (Wildman–Crippen MR) is 191 cm³/mol. The number of aromatic nitrogens is 2. The van der Waals surface area contributed by atoms with Crippen molar-refractivity contribution in [1.82, 2.24) is 9.97 Å². The number of ether oxygens (including phenoxy) is 1. The summed E-state index contributed by atoms with van der Waals surface area (Å²) in [5.74, 6) is 1.82. The van der Waals surface area contributed by atoms with Gasteiger partial charge < -0.3 is 20.4 Å². The average Bonchev–Trinajstić information content (AvgIpc) is 3.39. The summed E-state index contributed by atoms with van der Waals surface area (Å²) < 4.78 is 5.84. The van der Waals surface area contributed by atoms with E-state index >= 15 is 0 Å². The lowest BCUT2D eigenvalue weighted by molar-refractivity contribution is 0.314. The molecule has 1 heterocycles. The Morgan fingerprint density at radius 1 is 0.930 bits per heavy atom. The molecule has 0 fully saturated rings. The van der Waals surface area contributed by atoms with E-state index in [0.29, 0.717) is 0 Å². The predicted octanol–water partition coefficient (Wildman–Crippen LogP) is 11.2. The number of benzene rings is 3. The summed E-state index contributed by atoms with van der Waals surface area (Å²) in [5.41, 5.74) is 8.91. The molecule has 1 aromatic heterocycles. The van der Waals surface area contributed by atoms with Crippen molar-refractivity contribution in [3.05, 3.63) is 109 Å². The molecule has 0 bridgehead atoms. The van der Waals surface area contributed by atoms with Gasteiger partial charge in [-0.25, -0.2) is 4.98 Å². The van der Waals surface area contributed by atoms with Gasteiger partial charge in [-0.05, 0) is 99.7 Å². The number of fused-ring (bicyclic) bond motifs is 1. The smallest absolute Gasteiger partial charge is 0.201 e. The molecule has 43 heavy (non-hydrogen) atoms. The van der Waals surface area contributed by atoms with Crippen LogP contribution in [0.15, 0.2) is 103 Å². The van der Waals surface area contributed by atoms with Crippen LogP contribution in [0.5, 0.6) is 5.75 Å². The zero-order valence-electron chi connectivity index (χ0n) is 27.8. The minimum atomic E-state index is 0.764. The van der Waals surface area contributed by atoms with Gasteiger partial charge in [0.05, 0.1) is 17.6 Å². The van der Waals surface area contributed by atoms with Crippen molar-refractivity contribution in [2.75, 3.05) is 23.8 Å². The Balaban J connectivity index is 0.000000409. The van der Waals surface area contributed by atoms with Crippen molar-refractivity contribution in [1.29, 1.82) is 0 Å². The summed E-state index contributed by atoms with van der Waals surface area (Å²) in [4.78, 5) is 7.86. The van der Waals surface area contributed by atoms with Gasteiger partial charge in [-0.3, -0.25) is 0 Å². The van der Waals surface area contributed by atoms with Gasteiger partial charge in [-0.15, -0.1) is 6.58 Å². The molecule has 0 amide bonds. The van der Waals surface area contributed by atoms with E-state index in [9.17, 15) is 0 Å². The van der Waals surface area contributed by atoms with Crippen LogP contribution >= 0.6 is 0 Å². The Hall–Kier alpha value is -4.25. The lowest BCUT2D eigenvalue weighted by atomic mass is 10.0. The van der Waals surface area contributed by atoms with Gasteiger partial charge in [-0.2, -0.15) is 0 Å². The molecule has 0 aliphatic carbocycles. The van der Waals surface area contributed by atoms with Gasteiger partial charge >= 0.3 is 0 Å². The molecule has 0 saturated heterocycles. The average molecular weight is 583 g/mol. The molecule has 0 aliphatic rings. The van der Waals surface area contributed by atoms with Gasteiger partial charge in [0, 0.05) is 17.9 Å². The maximum absolute atomic E-state index is 5.84. The van der Waals surface area contributed by atoms with Gasteiger partial charge in [0.2, 0.25) is 5.95 Å². The van der Waals surface area contributed by atoms with Crippen LogP contribution in [0.2, 0.25) is 0 Å². The number of aryl methyl sites for hydroxylation is 1. The molecule has 4 aromatic rings. The third kappa shape index (κ3) is 14.0. The largest absolute Gasteiger partial charge is 0.493 e. The minimum absolute atomic E-state index is 0.764. The molecule has 3 aromatic carbocycles. The van der Waals surface area contributed by atoms with Crippen LogP contribution in [0.1, 0.15) is 73.8 Å². The van der Waals surface area contributed by atoms with Gasteiger partial charge in [0.15, 0.2) is 0 Å². The highest BCUT2D eigenvalue weighted by molar-refractivity contribution is 5.83. The standard InChI is InChI=1S/C20H25N3O.C12H15N.C3H8.C3H6/c1-4-11-24-19-10-8-15(12-14(19)5-2)16-7-9-17-18(13-16)23-20(22-17)21-6-3;1-10(2)9-11(3)13-12-7-5-4-6-8-12;2*1-3-2/h7-10,12-13H,4-6,11H2,1-3H3,(H2,21,22,23);4-9,13H,3H2,1-2H3;3H2,1-2H3;3H,1H2,2H3. The molecule has 0 spiro atoms. The first-order chi connectivity index (χ1) is 20.8. The van der Waals surface area contributed by atoms with E-state index in [1.165, 1.54) is 28.7 Å². The lowest BCUT2D eigenvalue weighted by Crippen LogP contribution is -1.98. The number of H-pyrrole nitrogens is 1. The maximum Gasteiger partial charge on any atom is 0.201 e. The van der Waals surface area contributed by atoms with E-state index in [2.05, 4.69) is 119 Å². The Morgan fingerprint density at radius 3 is 2.14 bits per heavy atom. The normalized spacial score (nSPS) is 9.58. The van der Waals surface area contributed by atoms with E-state index in [0.717, 1.165) is 60.1 Å². The molecule has 3 N–H and O–H groups in total. The van der Waals surface area contributed by atoms with Crippen molar-refractivity contribution in [2.45, 2.75) is 74.7 Å². The van der Waals surface area contributed by atoms with E-state index in [1.807, 2.05) is 43.3 Å². The number of rotatable bonds is 10. The third-order valence-electron chi connectivity index (χ3n) is 5.60. The summed E-state index contributed by atoms with van der Waals surface area (Å²) in [6.45, 7) is 25.5. The highest BCUT2D eigenvalue weighted by Gasteiger charge is 2.08. The summed E-state index contributed by atoms with van der Waals surface area (Å²) >= 11 is 0. The SMILES string of the molecule is C=C(C=C(C)C)Nc1ccccc1.C=CC.CCC.CCCOc1ccc(-c2ccc3nc(NCC)[nH]c3c2)cc1CC.